The minimum Gasteiger partial charge on any atom is -0.494 e. The molecule has 0 unspecified atom stereocenters. The Morgan fingerprint density at radius 1 is 0.929 bits per heavy atom. The third-order valence-corrected chi connectivity index (χ3v) is 4.16. The standard InChI is InChI=1S/C20H13N3O5/c1-27-17-11-10-14(18-19(17)22-16-5-3-2-4-15(16)21-18)20(24)28-13-8-6-12(7-9-13)23(25)26/h2-11H,1H3. The van der Waals surface area contributed by atoms with E-state index in [9.17, 15) is 14.9 Å². The van der Waals surface area contributed by atoms with Crippen LogP contribution in [0.15, 0.2) is 60.7 Å². The van der Waals surface area contributed by atoms with Crippen LogP contribution in [-0.2, 0) is 0 Å². The monoisotopic (exact) mass is 375 g/mol. The second-order valence-corrected chi connectivity index (χ2v) is 5.87. The maximum atomic E-state index is 12.7. The van der Waals surface area contributed by atoms with Crippen molar-refractivity contribution in [3.63, 3.8) is 0 Å². The number of hydrogen-bond donors (Lipinski definition) is 0. The molecule has 8 nitrogen and oxygen atoms in total. The van der Waals surface area contributed by atoms with Crippen LogP contribution < -0.4 is 9.47 Å². The lowest BCUT2D eigenvalue weighted by molar-refractivity contribution is -0.384. The fraction of sp³-hybridized carbons (Fsp3) is 0.0500. The van der Waals surface area contributed by atoms with Crippen LogP contribution >= 0.6 is 0 Å². The average molecular weight is 375 g/mol. The third-order valence-electron chi connectivity index (χ3n) is 4.16. The highest BCUT2D eigenvalue weighted by Crippen LogP contribution is 2.28. The molecule has 0 aliphatic heterocycles. The number of para-hydroxylation sites is 2. The van der Waals surface area contributed by atoms with Gasteiger partial charge in [0, 0.05) is 12.1 Å². The van der Waals surface area contributed by atoms with Gasteiger partial charge in [-0.3, -0.25) is 10.1 Å². The van der Waals surface area contributed by atoms with E-state index in [-0.39, 0.29) is 17.0 Å². The molecule has 8 heteroatoms. The van der Waals surface area contributed by atoms with Gasteiger partial charge in [0.15, 0.2) is 0 Å². The average Bonchev–Trinajstić information content (AvgIpc) is 2.71. The van der Waals surface area contributed by atoms with Crippen LogP contribution in [0, 0.1) is 10.1 Å². The van der Waals surface area contributed by atoms with Gasteiger partial charge in [-0.25, -0.2) is 14.8 Å². The van der Waals surface area contributed by atoms with Gasteiger partial charge in [0.2, 0.25) is 0 Å². The summed E-state index contributed by atoms with van der Waals surface area (Å²) in [5, 5.41) is 10.7. The smallest absolute Gasteiger partial charge is 0.345 e. The number of nitro benzene ring substituents is 1. The lowest BCUT2D eigenvalue weighted by atomic mass is 10.1. The van der Waals surface area contributed by atoms with Gasteiger partial charge in [0.05, 0.1) is 28.6 Å². The Labute approximate surface area is 158 Å². The Balaban J connectivity index is 1.77. The molecule has 0 radical (unpaired) electrons. The van der Waals surface area contributed by atoms with Crippen molar-refractivity contribution in [1.29, 1.82) is 0 Å². The predicted molar refractivity (Wildman–Crippen MR) is 102 cm³/mol. The minimum atomic E-state index is -0.647. The molecular formula is C20H13N3O5. The second kappa shape index (κ2) is 6.92. The van der Waals surface area contributed by atoms with Gasteiger partial charge >= 0.3 is 5.97 Å². The summed E-state index contributed by atoms with van der Waals surface area (Å²) in [6, 6.07) is 15.7. The summed E-state index contributed by atoms with van der Waals surface area (Å²) in [5.41, 5.74) is 2.23. The first kappa shape index (κ1) is 17.3. The summed E-state index contributed by atoms with van der Waals surface area (Å²) in [4.78, 5) is 32.0. The van der Waals surface area contributed by atoms with E-state index in [0.717, 1.165) is 0 Å². The lowest BCUT2D eigenvalue weighted by Crippen LogP contribution is -2.10. The van der Waals surface area contributed by atoms with Crippen LogP contribution in [0.5, 0.6) is 11.5 Å². The molecule has 0 amide bonds. The van der Waals surface area contributed by atoms with Gasteiger partial charge < -0.3 is 9.47 Å². The normalized spacial score (nSPS) is 10.8. The number of esters is 1. The molecule has 0 bridgehead atoms. The first-order valence-corrected chi connectivity index (χ1v) is 8.27. The summed E-state index contributed by atoms with van der Waals surface area (Å²) in [5.74, 6) is 0.0274. The fourth-order valence-corrected chi connectivity index (χ4v) is 2.80. The number of carbonyl (C=O) groups excluding carboxylic acids is 1. The Kier molecular flexibility index (Phi) is 4.29. The number of hydrogen-bond acceptors (Lipinski definition) is 7. The number of aromatic nitrogens is 2. The highest BCUT2D eigenvalue weighted by atomic mass is 16.6. The summed E-state index contributed by atoms with van der Waals surface area (Å²) in [7, 11) is 1.51. The van der Waals surface area contributed by atoms with Gasteiger partial charge in [-0.05, 0) is 36.4 Å². The van der Waals surface area contributed by atoms with Crippen molar-refractivity contribution in [2.45, 2.75) is 0 Å². The van der Waals surface area contributed by atoms with Crippen LogP contribution in [0.3, 0.4) is 0 Å². The molecule has 4 aromatic rings. The van der Waals surface area contributed by atoms with Crippen molar-refractivity contribution in [1.82, 2.24) is 9.97 Å². The molecule has 0 aliphatic carbocycles. The predicted octanol–water partition coefficient (Wildman–Crippen LogP) is 3.92. The van der Waals surface area contributed by atoms with E-state index in [1.54, 1.807) is 18.2 Å². The van der Waals surface area contributed by atoms with Crippen molar-refractivity contribution < 1.29 is 19.2 Å². The molecular weight excluding hydrogens is 362 g/mol. The summed E-state index contributed by atoms with van der Waals surface area (Å²) >= 11 is 0. The number of fused-ring (bicyclic) bond motifs is 2. The van der Waals surface area contributed by atoms with E-state index in [1.807, 2.05) is 18.2 Å². The van der Waals surface area contributed by atoms with E-state index < -0.39 is 10.9 Å². The van der Waals surface area contributed by atoms with Crippen molar-refractivity contribution in [2.24, 2.45) is 0 Å². The second-order valence-electron chi connectivity index (χ2n) is 5.87. The fourth-order valence-electron chi connectivity index (χ4n) is 2.80. The summed E-state index contributed by atoms with van der Waals surface area (Å²) < 4.78 is 10.7. The number of methoxy groups -OCH3 is 1. The maximum absolute atomic E-state index is 12.7. The van der Waals surface area contributed by atoms with Crippen molar-refractivity contribution in [3.05, 3.63) is 76.3 Å². The highest BCUT2D eigenvalue weighted by Gasteiger charge is 2.18. The molecule has 0 fully saturated rings. The molecule has 1 aromatic heterocycles. The number of non-ortho nitro benzene ring substituents is 1. The number of benzene rings is 3. The summed E-state index contributed by atoms with van der Waals surface area (Å²) in [6.07, 6.45) is 0. The number of ether oxygens (including phenoxy) is 2. The van der Waals surface area contributed by atoms with Gasteiger partial charge in [0.25, 0.3) is 5.69 Å². The number of carbonyl (C=O) groups is 1. The summed E-state index contributed by atoms with van der Waals surface area (Å²) in [6.45, 7) is 0. The molecule has 3 aromatic carbocycles. The quantitative estimate of drug-likeness (QED) is 0.175. The zero-order chi connectivity index (χ0) is 19.7. The van der Waals surface area contributed by atoms with Gasteiger partial charge in [-0.2, -0.15) is 0 Å². The Morgan fingerprint density at radius 2 is 1.57 bits per heavy atom. The number of nitro groups is 1. The third kappa shape index (κ3) is 3.07. The molecule has 28 heavy (non-hydrogen) atoms. The SMILES string of the molecule is COc1ccc(C(=O)Oc2ccc([N+](=O)[O-])cc2)c2nc3ccccc3nc12. The van der Waals surface area contributed by atoms with E-state index in [1.165, 1.54) is 31.4 Å². The van der Waals surface area contributed by atoms with E-state index >= 15 is 0 Å². The Hall–Kier alpha value is -4.07. The molecule has 0 aliphatic rings. The maximum Gasteiger partial charge on any atom is 0.345 e. The Morgan fingerprint density at radius 3 is 2.18 bits per heavy atom. The molecule has 0 saturated heterocycles. The topological polar surface area (TPSA) is 104 Å². The molecule has 0 saturated carbocycles. The van der Waals surface area contributed by atoms with Gasteiger partial charge in [-0.1, -0.05) is 12.1 Å². The van der Waals surface area contributed by atoms with Crippen LogP contribution in [0.25, 0.3) is 22.1 Å². The number of rotatable bonds is 4. The van der Waals surface area contributed by atoms with E-state index in [2.05, 4.69) is 9.97 Å². The molecule has 0 spiro atoms. The lowest BCUT2D eigenvalue weighted by Gasteiger charge is -2.10. The molecule has 4 rings (SSSR count). The van der Waals surface area contributed by atoms with Crippen LogP contribution in [0.2, 0.25) is 0 Å². The molecule has 0 N–H and O–H groups in total. The Bertz CT molecular complexity index is 1220. The van der Waals surface area contributed by atoms with Gasteiger partial charge in [0.1, 0.15) is 22.5 Å². The first-order chi connectivity index (χ1) is 13.6. The van der Waals surface area contributed by atoms with Crippen molar-refractivity contribution in [3.8, 4) is 11.5 Å². The zero-order valence-corrected chi connectivity index (χ0v) is 14.7. The zero-order valence-electron chi connectivity index (χ0n) is 14.7. The van der Waals surface area contributed by atoms with Crippen molar-refractivity contribution >= 4 is 33.7 Å². The first-order valence-electron chi connectivity index (χ1n) is 8.27. The van der Waals surface area contributed by atoms with Crippen LogP contribution in [0.1, 0.15) is 10.4 Å². The molecule has 1 heterocycles. The van der Waals surface area contributed by atoms with Gasteiger partial charge in [-0.15, -0.1) is 0 Å². The largest absolute Gasteiger partial charge is 0.494 e. The van der Waals surface area contributed by atoms with E-state index in [4.69, 9.17) is 9.47 Å². The van der Waals surface area contributed by atoms with Crippen LogP contribution in [0.4, 0.5) is 5.69 Å². The number of nitrogens with zero attached hydrogens (tertiary/aromatic N) is 3. The molecule has 0 atom stereocenters. The highest BCUT2D eigenvalue weighted by molar-refractivity contribution is 6.05. The minimum absolute atomic E-state index is 0.0907. The van der Waals surface area contributed by atoms with Crippen LogP contribution in [-0.4, -0.2) is 28.0 Å². The van der Waals surface area contributed by atoms with E-state index in [0.29, 0.717) is 27.8 Å². The van der Waals surface area contributed by atoms with Crippen molar-refractivity contribution in [2.75, 3.05) is 7.11 Å². The molecule has 138 valence electrons.